The molecule has 0 saturated heterocycles. The summed E-state index contributed by atoms with van der Waals surface area (Å²) >= 11 is 18.6. The van der Waals surface area contributed by atoms with Crippen LogP contribution in [0.5, 0.6) is 0 Å². The number of allylic oxidation sites excluding steroid dienone is 1. The molecule has 18 heavy (non-hydrogen) atoms. The molecule has 0 aliphatic rings. The lowest BCUT2D eigenvalue weighted by Crippen LogP contribution is -2.58. The minimum Gasteiger partial charge on any atom is -0.224 e. The molecule has 0 bridgehead atoms. The minimum absolute atomic E-state index is 1.15. The predicted octanol–water partition coefficient (Wildman–Crippen LogP) is 5.70. The average Bonchev–Trinajstić information content (AvgIpc) is 2.12. The molecular formula is C7H3Cl4F7. The standard InChI is InChI=1S/C7H3Cl4F7/c8-3(1-2(12)4(9)10)5(13,6(11,14)15)7(16,17)18/h3H,1H2. The monoisotopic (exact) mass is 360 g/mol. The Hall–Kier alpha value is 0.410. The highest BCUT2D eigenvalue weighted by atomic mass is 35.5. The van der Waals surface area contributed by atoms with Gasteiger partial charge >= 0.3 is 11.6 Å². The molecule has 0 aromatic rings. The van der Waals surface area contributed by atoms with Gasteiger partial charge in [-0.3, -0.25) is 0 Å². The van der Waals surface area contributed by atoms with Crippen LogP contribution in [0.2, 0.25) is 0 Å². The fourth-order valence-electron chi connectivity index (χ4n) is 0.891. The third-order valence-electron chi connectivity index (χ3n) is 1.82. The quantitative estimate of drug-likeness (QED) is 0.445. The molecule has 0 fully saturated rings. The van der Waals surface area contributed by atoms with Gasteiger partial charge in [-0.2, -0.15) is 22.0 Å². The molecule has 11 heteroatoms. The summed E-state index contributed by atoms with van der Waals surface area (Å²) in [5.74, 6) is -1.68. The van der Waals surface area contributed by atoms with Crippen LogP contribution >= 0.6 is 46.4 Å². The molecule has 0 saturated carbocycles. The molecule has 108 valence electrons. The molecule has 0 aliphatic heterocycles. The second kappa shape index (κ2) is 5.81. The van der Waals surface area contributed by atoms with Crippen molar-refractivity contribution in [2.45, 2.75) is 29.0 Å². The van der Waals surface area contributed by atoms with Crippen molar-refractivity contribution in [1.82, 2.24) is 0 Å². The summed E-state index contributed by atoms with van der Waals surface area (Å²) in [7, 11) is 0. The minimum atomic E-state index is -6.12. The van der Waals surface area contributed by atoms with Gasteiger partial charge in [-0.15, -0.1) is 11.6 Å². The Morgan fingerprint density at radius 3 is 1.61 bits per heavy atom. The van der Waals surface area contributed by atoms with E-state index in [9.17, 15) is 30.7 Å². The van der Waals surface area contributed by atoms with Crippen LogP contribution in [0, 0.1) is 0 Å². The Kier molecular flexibility index (Phi) is 5.94. The second-order valence-electron chi connectivity index (χ2n) is 3.04. The van der Waals surface area contributed by atoms with Gasteiger partial charge in [0.25, 0.3) is 5.67 Å². The Labute approximate surface area is 117 Å². The summed E-state index contributed by atoms with van der Waals surface area (Å²) in [5.41, 5.74) is -5.34. The summed E-state index contributed by atoms with van der Waals surface area (Å²) < 4.78 is 87.0. The predicted molar refractivity (Wildman–Crippen MR) is 54.8 cm³/mol. The van der Waals surface area contributed by atoms with Crippen molar-refractivity contribution in [2.24, 2.45) is 0 Å². The summed E-state index contributed by atoms with van der Waals surface area (Å²) in [5, 5.41) is -8.45. The smallest absolute Gasteiger partial charge is 0.224 e. The van der Waals surface area contributed by atoms with Crippen molar-refractivity contribution in [3.05, 3.63) is 10.3 Å². The Morgan fingerprint density at radius 2 is 1.39 bits per heavy atom. The number of hydrogen-bond acceptors (Lipinski definition) is 0. The molecule has 0 heterocycles. The molecule has 0 rings (SSSR count). The molecule has 2 unspecified atom stereocenters. The van der Waals surface area contributed by atoms with Gasteiger partial charge in [0, 0.05) is 6.42 Å². The van der Waals surface area contributed by atoms with E-state index < -0.39 is 39.3 Å². The zero-order valence-electron chi connectivity index (χ0n) is 7.94. The molecule has 0 amide bonds. The Morgan fingerprint density at radius 1 is 1.00 bits per heavy atom. The van der Waals surface area contributed by atoms with Gasteiger partial charge in [0.05, 0.1) is 5.38 Å². The molecule has 0 radical (unpaired) electrons. The lowest BCUT2D eigenvalue weighted by Gasteiger charge is -2.34. The van der Waals surface area contributed by atoms with Gasteiger partial charge in [-0.05, 0) is 11.6 Å². The van der Waals surface area contributed by atoms with E-state index in [1.807, 2.05) is 0 Å². The normalized spacial score (nSPS) is 18.2. The highest BCUT2D eigenvalue weighted by molar-refractivity contribution is 6.56. The molecule has 2 atom stereocenters. The third kappa shape index (κ3) is 3.71. The van der Waals surface area contributed by atoms with Crippen molar-refractivity contribution >= 4 is 46.4 Å². The van der Waals surface area contributed by atoms with Gasteiger partial charge in [0.15, 0.2) is 0 Å². The van der Waals surface area contributed by atoms with Gasteiger partial charge in [-0.1, -0.05) is 23.2 Å². The maximum atomic E-state index is 13.4. The highest BCUT2D eigenvalue weighted by Crippen LogP contribution is 2.52. The Balaban J connectivity index is 5.46. The van der Waals surface area contributed by atoms with E-state index in [-0.39, 0.29) is 0 Å². The number of hydrogen-bond donors (Lipinski definition) is 0. The maximum absolute atomic E-state index is 13.4. The first-order chi connectivity index (χ1) is 7.75. The van der Waals surface area contributed by atoms with E-state index in [0.29, 0.717) is 0 Å². The average molecular weight is 362 g/mol. The van der Waals surface area contributed by atoms with E-state index in [2.05, 4.69) is 11.6 Å². The van der Waals surface area contributed by atoms with Crippen molar-refractivity contribution in [2.75, 3.05) is 0 Å². The van der Waals surface area contributed by atoms with Crippen LogP contribution in [-0.4, -0.2) is 22.6 Å². The van der Waals surface area contributed by atoms with Crippen molar-refractivity contribution < 1.29 is 30.7 Å². The first-order valence-corrected chi connectivity index (χ1v) is 5.48. The molecule has 0 spiro atoms. The maximum Gasteiger partial charge on any atom is 0.431 e. The van der Waals surface area contributed by atoms with Crippen LogP contribution in [0.4, 0.5) is 30.7 Å². The van der Waals surface area contributed by atoms with Gasteiger partial charge in [0.2, 0.25) is 0 Å². The van der Waals surface area contributed by atoms with Crippen molar-refractivity contribution in [3.63, 3.8) is 0 Å². The highest BCUT2D eigenvalue weighted by Gasteiger charge is 2.74. The van der Waals surface area contributed by atoms with Crippen LogP contribution < -0.4 is 0 Å². The van der Waals surface area contributed by atoms with Crippen LogP contribution in [0.25, 0.3) is 0 Å². The van der Waals surface area contributed by atoms with Crippen LogP contribution in [-0.2, 0) is 0 Å². The van der Waals surface area contributed by atoms with Crippen molar-refractivity contribution in [1.29, 1.82) is 0 Å². The van der Waals surface area contributed by atoms with Gasteiger partial charge in [0.1, 0.15) is 10.3 Å². The Bertz CT molecular complexity index is 314. The summed E-state index contributed by atoms with van der Waals surface area (Å²) in [4.78, 5) is 0. The number of halogens is 11. The van der Waals surface area contributed by atoms with Crippen LogP contribution in [0.3, 0.4) is 0 Å². The van der Waals surface area contributed by atoms with Gasteiger partial charge in [-0.25, -0.2) is 8.78 Å². The second-order valence-corrected chi connectivity index (χ2v) is 5.00. The van der Waals surface area contributed by atoms with Crippen LogP contribution in [0.1, 0.15) is 6.42 Å². The van der Waals surface area contributed by atoms with Crippen LogP contribution in [0.15, 0.2) is 10.3 Å². The third-order valence-corrected chi connectivity index (χ3v) is 2.96. The van der Waals surface area contributed by atoms with E-state index in [0.717, 1.165) is 0 Å². The fraction of sp³-hybridized carbons (Fsp3) is 0.714. The topological polar surface area (TPSA) is 0 Å². The zero-order valence-corrected chi connectivity index (χ0v) is 11.0. The summed E-state index contributed by atoms with van der Waals surface area (Å²) in [6.07, 6.45) is -7.73. The fourth-order valence-corrected chi connectivity index (χ4v) is 1.74. The number of rotatable bonds is 4. The first kappa shape index (κ1) is 18.4. The first-order valence-electron chi connectivity index (χ1n) is 3.91. The molecule has 0 aliphatic carbocycles. The lowest BCUT2D eigenvalue weighted by atomic mass is 9.98. The van der Waals surface area contributed by atoms with Gasteiger partial charge < -0.3 is 0 Å². The van der Waals surface area contributed by atoms with E-state index in [1.165, 1.54) is 0 Å². The SMILES string of the molecule is FC(CC(Cl)C(F)(C(F)(F)F)C(F)(F)Cl)=C(Cl)Cl. The molecule has 0 aromatic heterocycles. The lowest BCUT2D eigenvalue weighted by molar-refractivity contribution is -0.279. The van der Waals surface area contributed by atoms with E-state index in [1.54, 1.807) is 0 Å². The zero-order chi connectivity index (χ0) is 14.9. The van der Waals surface area contributed by atoms with Crippen molar-refractivity contribution in [3.8, 4) is 0 Å². The molecule has 0 N–H and O–H groups in total. The molecule has 0 aromatic carbocycles. The largest absolute Gasteiger partial charge is 0.431 e. The molecule has 0 nitrogen and oxygen atoms in total. The summed E-state index contributed by atoms with van der Waals surface area (Å²) in [6, 6.07) is 0. The molecular weight excluding hydrogens is 359 g/mol. The summed E-state index contributed by atoms with van der Waals surface area (Å²) in [6.45, 7) is 0. The van der Waals surface area contributed by atoms with E-state index >= 15 is 0 Å². The number of alkyl halides is 8. The van der Waals surface area contributed by atoms with E-state index in [4.69, 9.17) is 34.8 Å².